The van der Waals surface area contributed by atoms with Gasteiger partial charge in [-0.3, -0.25) is 0 Å². The van der Waals surface area contributed by atoms with Crippen LogP contribution < -0.4 is 15.0 Å². The Morgan fingerprint density at radius 1 is 1.27 bits per heavy atom. The maximum Gasteiger partial charge on any atom is 0.246 e. The van der Waals surface area contributed by atoms with E-state index in [1.807, 2.05) is 45.1 Å². The molecule has 1 N–H and O–H groups in total. The van der Waals surface area contributed by atoms with Gasteiger partial charge < -0.3 is 15.0 Å². The molecule has 1 aromatic heterocycles. The average Bonchev–Trinajstić information content (AvgIpc) is 2.73. The number of aryl methyl sites for hydroxylation is 1. The maximum atomic E-state index is 13.4. The summed E-state index contributed by atoms with van der Waals surface area (Å²) >= 11 is 0. The van der Waals surface area contributed by atoms with Gasteiger partial charge in [0.05, 0.1) is 12.8 Å². The minimum Gasteiger partial charge on any atom is -0.495 e. The van der Waals surface area contributed by atoms with Crippen molar-refractivity contribution in [2.75, 3.05) is 46.2 Å². The molecule has 0 spiro atoms. The van der Waals surface area contributed by atoms with Gasteiger partial charge in [0.2, 0.25) is 10.0 Å². The van der Waals surface area contributed by atoms with Gasteiger partial charge in [0, 0.05) is 45.7 Å². The normalized spacial score (nSPS) is 17.7. The van der Waals surface area contributed by atoms with Crippen LogP contribution in [-0.4, -0.2) is 64.0 Å². The molecule has 1 aliphatic rings. The Hall–Kier alpha value is -2.23. The van der Waals surface area contributed by atoms with E-state index >= 15 is 0 Å². The summed E-state index contributed by atoms with van der Waals surface area (Å²) in [5.74, 6) is 1.83. The van der Waals surface area contributed by atoms with Gasteiger partial charge in [-0.25, -0.2) is 18.4 Å². The molecule has 1 saturated heterocycles. The fourth-order valence-corrected chi connectivity index (χ4v) is 5.45. The summed E-state index contributed by atoms with van der Waals surface area (Å²) < 4.78 is 33.7. The summed E-state index contributed by atoms with van der Waals surface area (Å²) in [5, 5.41) is 3.12. The number of aromatic nitrogens is 2. The monoisotopic (exact) mass is 433 g/mol. The first-order valence-electron chi connectivity index (χ1n) is 10.1. The molecule has 164 valence electrons. The maximum absolute atomic E-state index is 13.4. The third kappa shape index (κ3) is 4.74. The van der Waals surface area contributed by atoms with Crippen molar-refractivity contribution in [3.05, 3.63) is 41.3 Å². The lowest BCUT2D eigenvalue weighted by Gasteiger charge is -2.32. The molecule has 8 nitrogen and oxygen atoms in total. The highest BCUT2D eigenvalue weighted by molar-refractivity contribution is 7.89. The summed E-state index contributed by atoms with van der Waals surface area (Å²) in [5.41, 5.74) is 1.77. The molecule has 1 unspecified atom stereocenters. The molecule has 1 aromatic carbocycles. The van der Waals surface area contributed by atoms with E-state index in [1.54, 1.807) is 16.4 Å². The molecule has 0 saturated carbocycles. The second kappa shape index (κ2) is 9.28. The predicted octanol–water partition coefficient (Wildman–Crippen LogP) is 2.15. The van der Waals surface area contributed by atoms with Crippen molar-refractivity contribution in [1.29, 1.82) is 0 Å². The van der Waals surface area contributed by atoms with Gasteiger partial charge in [-0.1, -0.05) is 6.07 Å². The lowest BCUT2D eigenvalue weighted by atomic mass is 9.98. The molecule has 0 bridgehead atoms. The summed E-state index contributed by atoms with van der Waals surface area (Å²) in [6, 6.07) is 7.18. The SMILES string of the molecule is CNCc1cc(N(C)C)nc(C2CCCN(S(=O)(=O)c3cc(C)ccc3OC)C2)n1. The summed E-state index contributed by atoms with van der Waals surface area (Å²) in [4.78, 5) is 11.6. The Kier molecular flexibility index (Phi) is 6.95. The van der Waals surface area contributed by atoms with Gasteiger partial charge in [-0.05, 0) is 44.5 Å². The molecule has 1 fully saturated rings. The zero-order chi connectivity index (χ0) is 21.9. The number of hydrogen-bond donors (Lipinski definition) is 1. The summed E-state index contributed by atoms with van der Waals surface area (Å²) in [6.45, 7) is 3.34. The first-order valence-corrected chi connectivity index (χ1v) is 11.5. The van der Waals surface area contributed by atoms with E-state index in [0.29, 0.717) is 31.2 Å². The van der Waals surface area contributed by atoms with E-state index < -0.39 is 10.0 Å². The molecule has 0 aliphatic carbocycles. The molecule has 3 rings (SSSR count). The van der Waals surface area contributed by atoms with Crippen molar-refractivity contribution < 1.29 is 13.2 Å². The second-order valence-electron chi connectivity index (χ2n) is 7.86. The molecule has 0 amide bonds. The Morgan fingerprint density at radius 2 is 2.03 bits per heavy atom. The minimum absolute atomic E-state index is 0.0557. The van der Waals surface area contributed by atoms with Crippen LogP contribution in [0.2, 0.25) is 0 Å². The fourth-order valence-electron chi connectivity index (χ4n) is 3.68. The van der Waals surface area contributed by atoms with Gasteiger partial charge in [0.15, 0.2) is 0 Å². The third-order valence-electron chi connectivity index (χ3n) is 5.29. The second-order valence-corrected chi connectivity index (χ2v) is 9.76. The van der Waals surface area contributed by atoms with Crippen molar-refractivity contribution in [1.82, 2.24) is 19.6 Å². The van der Waals surface area contributed by atoms with Crippen LogP contribution >= 0.6 is 0 Å². The van der Waals surface area contributed by atoms with Gasteiger partial charge in [-0.2, -0.15) is 4.31 Å². The van der Waals surface area contributed by atoms with Crippen molar-refractivity contribution >= 4 is 15.8 Å². The molecular formula is C21H31N5O3S. The van der Waals surface area contributed by atoms with E-state index in [4.69, 9.17) is 14.7 Å². The first kappa shape index (κ1) is 22.5. The first-order chi connectivity index (χ1) is 14.3. The van der Waals surface area contributed by atoms with Crippen LogP contribution in [0.1, 0.15) is 35.8 Å². The van der Waals surface area contributed by atoms with E-state index in [9.17, 15) is 8.42 Å². The number of benzene rings is 1. The van der Waals surface area contributed by atoms with Gasteiger partial charge in [0.1, 0.15) is 22.3 Å². The third-order valence-corrected chi connectivity index (χ3v) is 7.17. The Labute approximate surface area is 179 Å². The van der Waals surface area contributed by atoms with E-state index in [1.165, 1.54) is 7.11 Å². The number of nitrogens with one attached hydrogen (secondary N) is 1. The molecule has 30 heavy (non-hydrogen) atoms. The number of rotatable bonds is 7. The minimum atomic E-state index is -3.68. The summed E-state index contributed by atoms with van der Waals surface area (Å²) in [7, 11) is 3.57. The van der Waals surface area contributed by atoms with Gasteiger partial charge in [0.25, 0.3) is 0 Å². The Balaban J connectivity index is 1.93. The van der Waals surface area contributed by atoms with E-state index in [2.05, 4.69) is 5.32 Å². The van der Waals surface area contributed by atoms with Crippen LogP contribution in [0, 0.1) is 6.92 Å². The molecule has 1 aliphatic heterocycles. The quantitative estimate of drug-likeness (QED) is 0.716. The molecular weight excluding hydrogens is 402 g/mol. The smallest absolute Gasteiger partial charge is 0.246 e. The highest BCUT2D eigenvalue weighted by Crippen LogP contribution is 2.33. The van der Waals surface area contributed by atoms with Crippen LogP contribution in [0.3, 0.4) is 0 Å². The lowest BCUT2D eigenvalue weighted by Crippen LogP contribution is -2.39. The van der Waals surface area contributed by atoms with Crippen LogP contribution in [-0.2, 0) is 16.6 Å². The zero-order valence-electron chi connectivity index (χ0n) is 18.3. The highest BCUT2D eigenvalue weighted by Gasteiger charge is 2.34. The van der Waals surface area contributed by atoms with Crippen LogP contribution in [0.4, 0.5) is 5.82 Å². The zero-order valence-corrected chi connectivity index (χ0v) is 19.2. The van der Waals surface area contributed by atoms with Crippen LogP contribution in [0.15, 0.2) is 29.2 Å². The number of piperidine rings is 1. The topological polar surface area (TPSA) is 87.7 Å². The fraction of sp³-hybridized carbons (Fsp3) is 0.524. The number of anilines is 1. The Morgan fingerprint density at radius 3 is 2.70 bits per heavy atom. The van der Waals surface area contributed by atoms with Crippen molar-refractivity contribution in [2.45, 2.75) is 37.1 Å². The number of ether oxygens (including phenoxy) is 1. The average molecular weight is 434 g/mol. The van der Waals surface area contributed by atoms with Gasteiger partial charge >= 0.3 is 0 Å². The molecule has 2 aromatic rings. The van der Waals surface area contributed by atoms with Crippen LogP contribution in [0.5, 0.6) is 5.75 Å². The largest absolute Gasteiger partial charge is 0.495 e. The van der Waals surface area contributed by atoms with Crippen molar-refractivity contribution in [3.8, 4) is 5.75 Å². The number of hydrogen-bond acceptors (Lipinski definition) is 7. The molecule has 2 heterocycles. The van der Waals surface area contributed by atoms with Crippen molar-refractivity contribution in [2.24, 2.45) is 0 Å². The molecule has 1 atom stereocenters. The number of methoxy groups -OCH3 is 1. The highest BCUT2D eigenvalue weighted by atomic mass is 32.2. The molecule has 0 radical (unpaired) electrons. The van der Waals surface area contributed by atoms with E-state index in [-0.39, 0.29) is 10.8 Å². The Bertz CT molecular complexity index is 994. The standard InChI is InChI=1S/C21H31N5O3S/c1-15-8-9-18(29-5)19(11-15)30(27,28)26-10-6-7-16(14-26)21-23-17(13-22-2)12-20(24-21)25(3)4/h8-9,11-12,16,22H,6-7,10,13-14H2,1-5H3. The lowest BCUT2D eigenvalue weighted by molar-refractivity contribution is 0.307. The molecule has 9 heteroatoms. The predicted molar refractivity (Wildman–Crippen MR) is 118 cm³/mol. The number of sulfonamides is 1. The van der Waals surface area contributed by atoms with Crippen LogP contribution in [0.25, 0.3) is 0 Å². The van der Waals surface area contributed by atoms with Crippen molar-refractivity contribution in [3.63, 3.8) is 0 Å². The summed E-state index contributed by atoms with van der Waals surface area (Å²) in [6.07, 6.45) is 1.61. The number of nitrogens with zero attached hydrogens (tertiary/aromatic N) is 4. The van der Waals surface area contributed by atoms with E-state index in [0.717, 1.165) is 29.9 Å². The van der Waals surface area contributed by atoms with Gasteiger partial charge in [-0.15, -0.1) is 0 Å².